The molecule has 0 aromatic rings. The first-order valence-electron chi connectivity index (χ1n) is 6.53. The Balaban J connectivity index is 2.26. The number of methoxy groups -OCH3 is 1. The second-order valence-electron chi connectivity index (χ2n) is 5.66. The number of piperidine rings is 1. The molecule has 1 aliphatic heterocycles. The molecule has 1 rings (SSSR count). The van der Waals surface area contributed by atoms with Crippen LogP contribution in [0.1, 0.15) is 33.6 Å². The molecule has 96 valence electrons. The Bertz CT molecular complexity index is 186. The van der Waals surface area contributed by atoms with Crippen LogP contribution in [0.4, 0.5) is 0 Å². The number of hydrogen-bond donors (Lipinski definition) is 1. The van der Waals surface area contributed by atoms with Crippen molar-refractivity contribution in [2.45, 2.75) is 39.7 Å². The fraction of sp³-hybridized carbons (Fsp3) is 1.00. The maximum Gasteiger partial charge on any atom is 0.0595 e. The minimum absolute atomic E-state index is 0.371. The summed E-state index contributed by atoms with van der Waals surface area (Å²) in [6, 6.07) is 0. The maximum atomic E-state index is 5.40. The molecule has 0 amide bonds. The molecular weight excluding hydrogens is 200 g/mol. The van der Waals surface area contributed by atoms with Crippen LogP contribution in [0.15, 0.2) is 0 Å². The van der Waals surface area contributed by atoms with Gasteiger partial charge in [-0.3, -0.25) is 0 Å². The fourth-order valence-corrected chi connectivity index (χ4v) is 2.43. The third-order valence-electron chi connectivity index (χ3n) is 3.37. The first-order valence-corrected chi connectivity index (χ1v) is 6.53. The lowest BCUT2D eigenvalue weighted by Crippen LogP contribution is -2.44. The van der Waals surface area contributed by atoms with Crippen LogP contribution in [0.25, 0.3) is 0 Å². The smallest absolute Gasteiger partial charge is 0.0595 e. The summed E-state index contributed by atoms with van der Waals surface area (Å²) >= 11 is 0. The first kappa shape index (κ1) is 13.9. The predicted octanol–water partition coefficient (Wildman–Crippen LogP) is 1.73. The van der Waals surface area contributed by atoms with Gasteiger partial charge in [0.2, 0.25) is 0 Å². The zero-order valence-electron chi connectivity index (χ0n) is 11.4. The summed E-state index contributed by atoms with van der Waals surface area (Å²) in [6.45, 7) is 12.6. The number of ether oxygens (including phenoxy) is 1. The van der Waals surface area contributed by atoms with Crippen LogP contribution in [0.2, 0.25) is 0 Å². The van der Waals surface area contributed by atoms with E-state index in [2.05, 4.69) is 31.0 Å². The van der Waals surface area contributed by atoms with Crippen molar-refractivity contribution in [3.05, 3.63) is 0 Å². The number of rotatable bonds is 6. The summed E-state index contributed by atoms with van der Waals surface area (Å²) in [5.74, 6) is 0. The topological polar surface area (TPSA) is 24.5 Å². The van der Waals surface area contributed by atoms with Gasteiger partial charge in [-0.2, -0.15) is 0 Å². The van der Waals surface area contributed by atoms with E-state index < -0.39 is 0 Å². The molecule has 0 aromatic carbocycles. The standard InChI is InChI=1S/C13H28N2O/c1-5-14-10-13(2,3)11-15-8-6-12(16-4)7-9-15/h12,14H,5-11H2,1-4H3. The summed E-state index contributed by atoms with van der Waals surface area (Å²) in [5.41, 5.74) is 0.371. The lowest BCUT2D eigenvalue weighted by atomic mass is 9.91. The van der Waals surface area contributed by atoms with Crippen molar-refractivity contribution in [2.24, 2.45) is 5.41 Å². The monoisotopic (exact) mass is 228 g/mol. The van der Waals surface area contributed by atoms with Crippen molar-refractivity contribution in [3.63, 3.8) is 0 Å². The average Bonchev–Trinajstić information content (AvgIpc) is 2.27. The van der Waals surface area contributed by atoms with Gasteiger partial charge in [0.15, 0.2) is 0 Å². The Morgan fingerprint density at radius 1 is 1.31 bits per heavy atom. The largest absolute Gasteiger partial charge is 0.381 e. The van der Waals surface area contributed by atoms with Crippen molar-refractivity contribution in [1.29, 1.82) is 0 Å². The van der Waals surface area contributed by atoms with Crippen LogP contribution < -0.4 is 5.32 Å². The molecule has 0 atom stereocenters. The Kier molecular flexibility index (Phi) is 5.73. The van der Waals surface area contributed by atoms with Gasteiger partial charge in [-0.1, -0.05) is 20.8 Å². The van der Waals surface area contributed by atoms with E-state index in [1.165, 1.54) is 32.5 Å². The van der Waals surface area contributed by atoms with Crippen LogP contribution in [0, 0.1) is 5.41 Å². The summed E-state index contributed by atoms with van der Waals surface area (Å²) in [5, 5.41) is 3.45. The number of nitrogens with one attached hydrogen (secondary N) is 1. The molecule has 1 fully saturated rings. The van der Waals surface area contributed by atoms with Crippen molar-refractivity contribution in [3.8, 4) is 0 Å². The molecule has 0 saturated carbocycles. The Morgan fingerprint density at radius 2 is 1.94 bits per heavy atom. The molecule has 0 aliphatic carbocycles. The van der Waals surface area contributed by atoms with Crippen molar-refractivity contribution in [2.75, 3.05) is 39.8 Å². The van der Waals surface area contributed by atoms with E-state index in [0.29, 0.717) is 11.5 Å². The van der Waals surface area contributed by atoms with Crippen LogP contribution in [0.5, 0.6) is 0 Å². The third kappa shape index (κ3) is 4.81. The molecule has 3 nitrogen and oxygen atoms in total. The van der Waals surface area contributed by atoms with Gasteiger partial charge >= 0.3 is 0 Å². The van der Waals surface area contributed by atoms with E-state index in [9.17, 15) is 0 Å². The van der Waals surface area contributed by atoms with Crippen LogP contribution in [-0.2, 0) is 4.74 Å². The van der Waals surface area contributed by atoms with Crippen LogP contribution in [0.3, 0.4) is 0 Å². The molecular formula is C13H28N2O. The maximum absolute atomic E-state index is 5.40. The van der Waals surface area contributed by atoms with Gasteiger partial charge in [0.05, 0.1) is 6.10 Å². The van der Waals surface area contributed by atoms with Gasteiger partial charge in [0, 0.05) is 33.3 Å². The van der Waals surface area contributed by atoms with Crippen molar-refractivity contribution >= 4 is 0 Å². The van der Waals surface area contributed by atoms with E-state index in [4.69, 9.17) is 4.74 Å². The zero-order chi connectivity index (χ0) is 12.0. The SMILES string of the molecule is CCNCC(C)(C)CN1CCC(OC)CC1. The van der Waals surface area contributed by atoms with Crippen molar-refractivity contribution < 1.29 is 4.74 Å². The van der Waals surface area contributed by atoms with Gasteiger partial charge in [0.25, 0.3) is 0 Å². The highest BCUT2D eigenvalue weighted by Gasteiger charge is 2.25. The molecule has 3 heteroatoms. The lowest BCUT2D eigenvalue weighted by Gasteiger charge is -2.37. The lowest BCUT2D eigenvalue weighted by molar-refractivity contribution is 0.0301. The highest BCUT2D eigenvalue weighted by atomic mass is 16.5. The Labute approximate surface area is 101 Å². The number of likely N-dealkylation sites (tertiary alicyclic amines) is 1. The summed E-state index contributed by atoms with van der Waals surface area (Å²) in [7, 11) is 1.83. The molecule has 0 spiro atoms. The van der Waals surface area contributed by atoms with Gasteiger partial charge in [-0.25, -0.2) is 0 Å². The molecule has 16 heavy (non-hydrogen) atoms. The van der Waals surface area contributed by atoms with Gasteiger partial charge in [0.1, 0.15) is 0 Å². The quantitative estimate of drug-likeness (QED) is 0.749. The van der Waals surface area contributed by atoms with Gasteiger partial charge in [-0.15, -0.1) is 0 Å². The van der Waals surface area contributed by atoms with Gasteiger partial charge in [-0.05, 0) is 24.8 Å². The second-order valence-corrected chi connectivity index (χ2v) is 5.66. The normalized spacial score (nSPS) is 20.2. The van der Waals surface area contributed by atoms with E-state index in [0.717, 1.165) is 13.1 Å². The minimum atomic E-state index is 0.371. The summed E-state index contributed by atoms with van der Waals surface area (Å²) in [6.07, 6.45) is 2.87. The summed E-state index contributed by atoms with van der Waals surface area (Å²) < 4.78 is 5.40. The first-order chi connectivity index (χ1) is 7.57. The molecule has 1 aliphatic rings. The summed E-state index contributed by atoms with van der Waals surface area (Å²) in [4.78, 5) is 2.58. The van der Waals surface area contributed by atoms with Crippen molar-refractivity contribution in [1.82, 2.24) is 10.2 Å². The zero-order valence-corrected chi connectivity index (χ0v) is 11.4. The molecule has 0 radical (unpaired) electrons. The molecule has 0 unspecified atom stereocenters. The van der Waals surface area contributed by atoms with Gasteiger partial charge < -0.3 is 15.0 Å². The number of hydrogen-bond acceptors (Lipinski definition) is 3. The minimum Gasteiger partial charge on any atom is -0.381 e. The third-order valence-corrected chi connectivity index (χ3v) is 3.37. The van der Waals surface area contributed by atoms with E-state index in [1.54, 1.807) is 0 Å². The molecule has 1 saturated heterocycles. The fourth-order valence-electron chi connectivity index (χ4n) is 2.43. The predicted molar refractivity (Wildman–Crippen MR) is 68.8 cm³/mol. The highest BCUT2D eigenvalue weighted by Crippen LogP contribution is 2.20. The molecule has 0 aromatic heterocycles. The molecule has 0 bridgehead atoms. The average molecular weight is 228 g/mol. The number of nitrogens with zero attached hydrogens (tertiary/aromatic N) is 1. The van der Waals surface area contributed by atoms with Crippen LogP contribution >= 0.6 is 0 Å². The van der Waals surface area contributed by atoms with E-state index in [-0.39, 0.29) is 0 Å². The Morgan fingerprint density at radius 3 is 2.44 bits per heavy atom. The van der Waals surface area contributed by atoms with E-state index >= 15 is 0 Å². The molecule has 1 heterocycles. The van der Waals surface area contributed by atoms with Crippen LogP contribution in [-0.4, -0.2) is 50.8 Å². The Hall–Kier alpha value is -0.120. The van der Waals surface area contributed by atoms with E-state index in [1.807, 2.05) is 7.11 Å². The second kappa shape index (κ2) is 6.58. The molecule has 1 N–H and O–H groups in total. The highest BCUT2D eigenvalue weighted by molar-refractivity contribution is 4.80.